The van der Waals surface area contributed by atoms with E-state index in [-0.39, 0.29) is 0 Å². The Morgan fingerprint density at radius 2 is 2.00 bits per heavy atom. The number of benzene rings is 1. The molecule has 0 aliphatic carbocycles. The zero-order valence-corrected chi connectivity index (χ0v) is 15.7. The van der Waals surface area contributed by atoms with Crippen LogP contribution in [0.5, 0.6) is 5.75 Å². The number of aliphatic hydroxyl groups is 1. The van der Waals surface area contributed by atoms with Crippen molar-refractivity contribution in [1.29, 1.82) is 0 Å². The molecule has 0 saturated carbocycles. The number of aliphatic hydroxyl groups excluding tert-OH is 1. The molecule has 1 N–H and O–H groups in total. The minimum absolute atomic E-state index is 0.333. The topological polar surface area (TPSA) is 59.8 Å². The fraction of sp³-hybridized carbons (Fsp3) is 0.550. The van der Waals surface area contributed by atoms with Crippen LogP contribution in [0.25, 0.3) is 0 Å². The van der Waals surface area contributed by atoms with Crippen LogP contribution in [0.1, 0.15) is 30.0 Å². The number of ether oxygens (including phenoxy) is 2. The first-order chi connectivity index (χ1) is 12.7. The highest BCUT2D eigenvalue weighted by Crippen LogP contribution is 2.27. The second kappa shape index (κ2) is 9.16. The number of methoxy groups -OCH3 is 1. The third-order valence-electron chi connectivity index (χ3n) is 5.09. The molecule has 0 amide bonds. The second-order valence-electron chi connectivity index (χ2n) is 6.94. The fourth-order valence-corrected chi connectivity index (χ4v) is 3.67. The van der Waals surface area contributed by atoms with Gasteiger partial charge in [-0.15, -0.1) is 0 Å². The molecule has 6 heteroatoms. The van der Waals surface area contributed by atoms with Crippen LogP contribution in [0.4, 0.5) is 0 Å². The van der Waals surface area contributed by atoms with Crippen LogP contribution in [0.15, 0.2) is 36.5 Å². The van der Waals surface area contributed by atoms with Gasteiger partial charge in [0.05, 0.1) is 26.4 Å². The number of aromatic nitrogens is 2. The number of para-hydroxylation sites is 1. The number of nitrogens with zero attached hydrogens (tertiary/aromatic N) is 3. The number of aryl methyl sites for hydroxylation is 1. The van der Waals surface area contributed by atoms with E-state index in [0.29, 0.717) is 25.7 Å². The molecule has 142 valence electrons. The van der Waals surface area contributed by atoms with Gasteiger partial charge in [-0.1, -0.05) is 18.2 Å². The summed E-state index contributed by atoms with van der Waals surface area (Å²) in [5.41, 5.74) is 2.31. The molecule has 0 spiro atoms. The van der Waals surface area contributed by atoms with Gasteiger partial charge < -0.3 is 19.5 Å². The third-order valence-corrected chi connectivity index (χ3v) is 5.09. The first-order valence-electron chi connectivity index (χ1n) is 9.25. The first-order valence-corrected chi connectivity index (χ1v) is 9.25. The largest absolute Gasteiger partial charge is 0.496 e. The van der Waals surface area contributed by atoms with Gasteiger partial charge in [-0.25, -0.2) is 0 Å². The van der Waals surface area contributed by atoms with Gasteiger partial charge in [0, 0.05) is 37.0 Å². The zero-order chi connectivity index (χ0) is 18.4. The SMILES string of the molecule is COc1ccccc1COCC(O)CN1CCC(c2ccnn2C)CC1. The standard InChI is InChI=1S/C20H29N3O3/c1-22-19(7-10-21-22)16-8-11-23(12-9-16)13-18(24)15-26-14-17-5-3-4-6-20(17)25-2/h3-7,10,16,18,24H,8-9,11-15H2,1-2H3. The van der Waals surface area contributed by atoms with E-state index in [1.54, 1.807) is 7.11 Å². The zero-order valence-electron chi connectivity index (χ0n) is 15.7. The Labute approximate surface area is 155 Å². The molecule has 2 heterocycles. The van der Waals surface area contributed by atoms with Crippen molar-refractivity contribution < 1.29 is 14.6 Å². The summed E-state index contributed by atoms with van der Waals surface area (Å²) < 4.78 is 13.0. The van der Waals surface area contributed by atoms with E-state index in [9.17, 15) is 5.11 Å². The fourth-order valence-electron chi connectivity index (χ4n) is 3.67. The van der Waals surface area contributed by atoms with Crippen molar-refractivity contribution in [2.75, 3.05) is 33.4 Å². The van der Waals surface area contributed by atoms with Crippen molar-refractivity contribution in [3.8, 4) is 5.75 Å². The monoisotopic (exact) mass is 359 g/mol. The highest BCUT2D eigenvalue weighted by atomic mass is 16.5. The summed E-state index contributed by atoms with van der Waals surface area (Å²) in [5.74, 6) is 1.39. The molecule has 3 rings (SSSR count). The molecule has 0 radical (unpaired) electrons. The molecule has 1 aromatic heterocycles. The predicted molar refractivity (Wildman–Crippen MR) is 100 cm³/mol. The van der Waals surface area contributed by atoms with Crippen molar-refractivity contribution >= 4 is 0 Å². The van der Waals surface area contributed by atoms with E-state index in [1.807, 2.05) is 42.2 Å². The van der Waals surface area contributed by atoms with Crippen molar-refractivity contribution in [3.63, 3.8) is 0 Å². The van der Waals surface area contributed by atoms with Gasteiger partial charge in [-0.3, -0.25) is 4.68 Å². The van der Waals surface area contributed by atoms with Crippen LogP contribution >= 0.6 is 0 Å². The second-order valence-corrected chi connectivity index (χ2v) is 6.94. The van der Waals surface area contributed by atoms with Gasteiger partial charge in [-0.2, -0.15) is 5.10 Å². The highest BCUT2D eigenvalue weighted by Gasteiger charge is 2.23. The Morgan fingerprint density at radius 1 is 1.23 bits per heavy atom. The Hall–Kier alpha value is -1.89. The molecule has 1 atom stereocenters. The maximum atomic E-state index is 10.3. The number of hydrogen-bond donors (Lipinski definition) is 1. The minimum atomic E-state index is -0.474. The maximum Gasteiger partial charge on any atom is 0.124 e. The maximum absolute atomic E-state index is 10.3. The first kappa shape index (κ1) is 18.9. The summed E-state index contributed by atoms with van der Waals surface area (Å²) in [6.45, 7) is 3.44. The Kier molecular flexibility index (Phi) is 6.66. The summed E-state index contributed by atoms with van der Waals surface area (Å²) in [6, 6.07) is 9.91. The third kappa shape index (κ3) is 4.84. The average molecular weight is 359 g/mol. The van der Waals surface area contributed by atoms with Crippen LogP contribution in [0, 0.1) is 0 Å². The van der Waals surface area contributed by atoms with Gasteiger partial charge in [-0.05, 0) is 38.1 Å². The Bertz CT molecular complexity index is 680. The van der Waals surface area contributed by atoms with E-state index in [2.05, 4.69) is 16.1 Å². The van der Waals surface area contributed by atoms with Crippen molar-refractivity contribution in [1.82, 2.24) is 14.7 Å². The normalized spacial score (nSPS) is 17.3. The molecule has 6 nitrogen and oxygen atoms in total. The van der Waals surface area contributed by atoms with Crippen LogP contribution < -0.4 is 4.74 Å². The number of piperidine rings is 1. The molecule has 0 bridgehead atoms. The number of β-amino-alcohol motifs (C(OH)–C–C–N with tert-alkyl or cyclic N) is 1. The van der Waals surface area contributed by atoms with Crippen LogP contribution in [0.2, 0.25) is 0 Å². The molecule has 1 unspecified atom stereocenters. The highest BCUT2D eigenvalue weighted by molar-refractivity contribution is 5.32. The van der Waals surface area contributed by atoms with Gasteiger partial charge in [0.2, 0.25) is 0 Å². The molecule has 1 fully saturated rings. The van der Waals surface area contributed by atoms with Gasteiger partial charge >= 0.3 is 0 Å². The summed E-state index contributed by atoms with van der Waals surface area (Å²) in [6.07, 6.45) is 3.60. The smallest absolute Gasteiger partial charge is 0.124 e. The molecule has 26 heavy (non-hydrogen) atoms. The lowest BCUT2D eigenvalue weighted by molar-refractivity contribution is 0.00565. The lowest BCUT2D eigenvalue weighted by Crippen LogP contribution is -2.40. The Balaban J connectivity index is 1.38. The van der Waals surface area contributed by atoms with Gasteiger partial charge in [0.1, 0.15) is 5.75 Å². The van der Waals surface area contributed by atoms with Crippen molar-refractivity contribution in [2.45, 2.75) is 31.5 Å². The Morgan fingerprint density at radius 3 is 2.69 bits per heavy atom. The average Bonchev–Trinajstić information content (AvgIpc) is 3.09. The van der Waals surface area contributed by atoms with Crippen LogP contribution in [0.3, 0.4) is 0 Å². The van der Waals surface area contributed by atoms with Gasteiger partial charge in [0.15, 0.2) is 0 Å². The van der Waals surface area contributed by atoms with Crippen LogP contribution in [-0.4, -0.2) is 59.2 Å². The van der Waals surface area contributed by atoms with Crippen molar-refractivity contribution in [2.24, 2.45) is 7.05 Å². The number of rotatable bonds is 8. The molecule has 1 aliphatic rings. The predicted octanol–water partition coefficient (Wildman–Crippen LogP) is 2.19. The summed E-state index contributed by atoms with van der Waals surface area (Å²) >= 11 is 0. The minimum Gasteiger partial charge on any atom is -0.496 e. The molecule has 2 aromatic rings. The lowest BCUT2D eigenvalue weighted by atomic mass is 9.93. The molecular weight excluding hydrogens is 330 g/mol. The van der Waals surface area contributed by atoms with Crippen LogP contribution in [-0.2, 0) is 18.4 Å². The van der Waals surface area contributed by atoms with Gasteiger partial charge in [0.25, 0.3) is 0 Å². The van der Waals surface area contributed by atoms with E-state index in [0.717, 1.165) is 37.2 Å². The molecular formula is C20H29N3O3. The van der Waals surface area contributed by atoms with Crippen molar-refractivity contribution in [3.05, 3.63) is 47.8 Å². The van der Waals surface area contributed by atoms with E-state index >= 15 is 0 Å². The molecule has 1 aliphatic heterocycles. The van der Waals surface area contributed by atoms with E-state index in [1.165, 1.54) is 5.69 Å². The van der Waals surface area contributed by atoms with E-state index in [4.69, 9.17) is 9.47 Å². The quantitative estimate of drug-likeness (QED) is 0.783. The number of likely N-dealkylation sites (tertiary alicyclic amines) is 1. The summed E-state index contributed by atoms with van der Waals surface area (Å²) in [5, 5.41) is 14.6. The molecule has 1 aromatic carbocycles. The van der Waals surface area contributed by atoms with E-state index < -0.39 is 6.10 Å². The summed E-state index contributed by atoms with van der Waals surface area (Å²) in [7, 11) is 3.66. The summed E-state index contributed by atoms with van der Waals surface area (Å²) in [4.78, 5) is 2.32. The number of hydrogen-bond acceptors (Lipinski definition) is 5. The lowest BCUT2D eigenvalue weighted by Gasteiger charge is -2.33. The molecule has 1 saturated heterocycles.